The van der Waals surface area contributed by atoms with Crippen LogP contribution >= 0.6 is 0 Å². The Morgan fingerprint density at radius 2 is 2.05 bits per heavy atom. The van der Waals surface area contributed by atoms with Crippen LogP contribution in [0.2, 0.25) is 0 Å². The summed E-state index contributed by atoms with van der Waals surface area (Å²) in [6.07, 6.45) is 2.53. The van der Waals surface area contributed by atoms with Crippen LogP contribution in [0.15, 0.2) is 41.1 Å². The molecule has 1 aromatic carbocycles. The van der Waals surface area contributed by atoms with Crippen molar-refractivity contribution in [1.29, 1.82) is 0 Å². The first-order valence-electron chi connectivity index (χ1n) is 6.71. The van der Waals surface area contributed by atoms with Crippen molar-refractivity contribution in [3.05, 3.63) is 48.0 Å². The molecule has 0 atom stereocenters. The van der Waals surface area contributed by atoms with Gasteiger partial charge < -0.3 is 9.26 Å². The molecule has 0 fully saturated rings. The smallest absolute Gasteiger partial charge is 0.261 e. The number of ether oxygens (including phenoxy) is 1. The number of benzene rings is 1. The van der Waals surface area contributed by atoms with Crippen molar-refractivity contribution in [3.8, 4) is 17.1 Å². The molecule has 0 spiro atoms. The molecule has 0 bridgehead atoms. The number of nitrogens with zero attached hydrogens (tertiary/aromatic N) is 4. The molecule has 0 saturated carbocycles. The zero-order valence-corrected chi connectivity index (χ0v) is 12.0. The van der Waals surface area contributed by atoms with Gasteiger partial charge in [-0.3, -0.25) is 0 Å². The van der Waals surface area contributed by atoms with Crippen LogP contribution < -0.4 is 0 Å². The van der Waals surface area contributed by atoms with Gasteiger partial charge in [0.25, 0.3) is 5.89 Å². The third kappa shape index (κ3) is 2.85. The summed E-state index contributed by atoms with van der Waals surface area (Å²) < 4.78 is 12.1. The van der Waals surface area contributed by atoms with Crippen LogP contribution in [0.3, 0.4) is 0 Å². The van der Waals surface area contributed by atoms with E-state index in [4.69, 9.17) is 9.26 Å². The standard InChI is InChI=1S/C15H16N4O2/c1-11-13(15-16-14(18-21-15)8-9-20-2)10-19(17-11)12-6-4-3-5-7-12/h3-7,10H,8-9H2,1-2H3. The fraction of sp³-hybridized carbons (Fsp3) is 0.267. The van der Waals surface area contributed by atoms with Crippen LogP contribution in [-0.2, 0) is 11.2 Å². The van der Waals surface area contributed by atoms with Gasteiger partial charge in [0.15, 0.2) is 5.82 Å². The van der Waals surface area contributed by atoms with E-state index >= 15 is 0 Å². The van der Waals surface area contributed by atoms with Gasteiger partial charge in [-0.2, -0.15) is 10.1 Å². The van der Waals surface area contributed by atoms with Crippen molar-refractivity contribution in [2.45, 2.75) is 13.3 Å². The minimum Gasteiger partial charge on any atom is -0.384 e. The molecule has 0 radical (unpaired) electrons. The molecule has 0 aliphatic carbocycles. The lowest BCUT2D eigenvalue weighted by Gasteiger charge is -1.98. The third-order valence-electron chi connectivity index (χ3n) is 3.15. The first-order valence-corrected chi connectivity index (χ1v) is 6.71. The maximum atomic E-state index is 5.31. The summed E-state index contributed by atoms with van der Waals surface area (Å²) in [5.41, 5.74) is 2.68. The molecule has 0 unspecified atom stereocenters. The summed E-state index contributed by atoms with van der Waals surface area (Å²) in [6, 6.07) is 9.91. The number of methoxy groups -OCH3 is 1. The molecule has 3 aromatic rings. The van der Waals surface area contributed by atoms with E-state index < -0.39 is 0 Å². The van der Waals surface area contributed by atoms with Crippen molar-refractivity contribution in [2.24, 2.45) is 0 Å². The predicted octanol–water partition coefficient (Wildman–Crippen LogP) is 2.42. The molecule has 21 heavy (non-hydrogen) atoms. The highest BCUT2D eigenvalue weighted by molar-refractivity contribution is 5.56. The topological polar surface area (TPSA) is 66.0 Å². The second kappa shape index (κ2) is 5.88. The molecule has 3 rings (SSSR count). The molecular formula is C15H16N4O2. The minimum absolute atomic E-state index is 0.487. The Kier molecular flexibility index (Phi) is 3.79. The quantitative estimate of drug-likeness (QED) is 0.720. The Hall–Kier alpha value is -2.47. The van der Waals surface area contributed by atoms with Crippen molar-refractivity contribution in [2.75, 3.05) is 13.7 Å². The van der Waals surface area contributed by atoms with Gasteiger partial charge in [-0.05, 0) is 19.1 Å². The molecule has 0 N–H and O–H groups in total. The van der Waals surface area contributed by atoms with Gasteiger partial charge in [0.1, 0.15) is 0 Å². The lowest BCUT2D eigenvalue weighted by molar-refractivity contribution is 0.199. The summed E-state index contributed by atoms with van der Waals surface area (Å²) in [7, 11) is 1.65. The highest BCUT2D eigenvalue weighted by atomic mass is 16.5. The normalized spacial score (nSPS) is 11.0. The Labute approximate surface area is 122 Å². The molecule has 0 amide bonds. The first-order chi connectivity index (χ1) is 10.3. The van der Waals surface area contributed by atoms with E-state index in [0.717, 1.165) is 16.9 Å². The fourth-order valence-electron chi connectivity index (χ4n) is 2.04. The van der Waals surface area contributed by atoms with Crippen molar-refractivity contribution < 1.29 is 9.26 Å². The Bertz CT molecular complexity index is 718. The molecule has 2 heterocycles. The number of hydrogen-bond donors (Lipinski definition) is 0. The monoisotopic (exact) mass is 284 g/mol. The number of aryl methyl sites for hydroxylation is 1. The summed E-state index contributed by atoms with van der Waals surface area (Å²) in [6.45, 7) is 2.50. The molecule has 2 aromatic heterocycles. The zero-order chi connectivity index (χ0) is 14.7. The molecule has 0 aliphatic rings. The average Bonchev–Trinajstić information content (AvgIpc) is 3.12. The van der Waals surface area contributed by atoms with E-state index in [9.17, 15) is 0 Å². The first kappa shape index (κ1) is 13.5. The van der Waals surface area contributed by atoms with E-state index in [2.05, 4.69) is 15.2 Å². The second-order valence-electron chi connectivity index (χ2n) is 4.67. The van der Waals surface area contributed by atoms with Crippen LogP contribution in [0.1, 0.15) is 11.5 Å². The minimum atomic E-state index is 0.487. The summed E-state index contributed by atoms with van der Waals surface area (Å²) in [5.74, 6) is 1.12. The predicted molar refractivity (Wildman–Crippen MR) is 77.2 cm³/mol. The SMILES string of the molecule is COCCc1noc(-c2cn(-c3ccccc3)nc2C)n1. The molecule has 0 aliphatic heterocycles. The van der Waals surface area contributed by atoms with Gasteiger partial charge in [0.2, 0.25) is 0 Å². The fourth-order valence-corrected chi connectivity index (χ4v) is 2.04. The van der Waals surface area contributed by atoms with Crippen molar-refractivity contribution in [1.82, 2.24) is 19.9 Å². The molecule has 108 valence electrons. The lowest BCUT2D eigenvalue weighted by atomic mass is 10.2. The van der Waals surface area contributed by atoms with E-state index in [1.165, 1.54) is 0 Å². The van der Waals surface area contributed by atoms with Crippen LogP contribution in [0.5, 0.6) is 0 Å². The number of aromatic nitrogens is 4. The molecule has 6 heteroatoms. The summed E-state index contributed by atoms with van der Waals surface area (Å²) in [4.78, 5) is 4.37. The zero-order valence-electron chi connectivity index (χ0n) is 12.0. The molecule has 0 saturated heterocycles. The van der Waals surface area contributed by atoms with E-state index in [0.29, 0.717) is 24.7 Å². The Morgan fingerprint density at radius 3 is 2.81 bits per heavy atom. The number of para-hydroxylation sites is 1. The molecule has 6 nitrogen and oxygen atoms in total. The van der Waals surface area contributed by atoms with Crippen LogP contribution in [-0.4, -0.2) is 33.6 Å². The van der Waals surface area contributed by atoms with Crippen molar-refractivity contribution >= 4 is 0 Å². The van der Waals surface area contributed by atoms with Crippen LogP contribution in [0.4, 0.5) is 0 Å². The lowest BCUT2D eigenvalue weighted by Crippen LogP contribution is -1.96. The van der Waals surface area contributed by atoms with Gasteiger partial charge in [0, 0.05) is 19.7 Å². The summed E-state index contributed by atoms with van der Waals surface area (Å²) >= 11 is 0. The maximum Gasteiger partial charge on any atom is 0.261 e. The summed E-state index contributed by atoms with van der Waals surface area (Å²) in [5, 5.41) is 8.44. The average molecular weight is 284 g/mol. The highest BCUT2D eigenvalue weighted by Crippen LogP contribution is 2.22. The van der Waals surface area contributed by atoms with Gasteiger partial charge in [-0.25, -0.2) is 4.68 Å². The van der Waals surface area contributed by atoms with Crippen LogP contribution in [0, 0.1) is 6.92 Å². The van der Waals surface area contributed by atoms with Gasteiger partial charge in [-0.15, -0.1) is 0 Å². The Morgan fingerprint density at radius 1 is 1.24 bits per heavy atom. The number of hydrogen-bond acceptors (Lipinski definition) is 5. The maximum absolute atomic E-state index is 5.31. The highest BCUT2D eigenvalue weighted by Gasteiger charge is 2.15. The van der Waals surface area contributed by atoms with Gasteiger partial charge in [0.05, 0.1) is 23.6 Å². The van der Waals surface area contributed by atoms with Crippen LogP contribution in [0.25, 0.3) is 17.1 Å². The van der Waals surface area contributed by atoms with Gasteiger partial charge >= 0.3 is 0 Å². The largest absolute Gasteiger partial charge is 0.384 e. The van der Waals surface area contributed by atoms with Gasteiger partial charge in [-0.1, -0.05) is 23.4 Å². The van der Waals surface area contributed by atoms with E-state index in [-0.39, 0.29) is 0 Å². The number of rotatable bonds is 5. The molecular weight excluding hydrogens is 268 g/mol. The third-order valence-corrected chi connectivity index (χ3v) is 3.15. The van der Waals surface area contributed by atoms with Crippen molar-refractivity contribution in [3.63, 3.8) is 0 Å². The Balaban J connectivity index is 1.89. The van der Waals surface area contributed by atoms with E-state index in [1.54, 1.807) is 7.11 Å². The second-order valence-corrected chi connectivity index (χ2v) is 4.67. The van der Waals surface area contributed by atoms with E-state index in [1.807, 2.05) is 48.1 Å².